The molecule has 3 nitrogen and oxygen atoms in total. The molecule has 0 bridgehead atoms. The summed E-state index contributed by atoms with van der Waals surface area (Å²) in [5, 5.41) is 12.0. The van der Waals surface area contributed by atoms with Crippen LogP contribution in [0, 0.1) is 12.7 Å². The van der Waals surface area contributed by atoms with Gasteiger partial charge in [-0.15, -0.1) is 0 Å². The van der Waals surface area contributed by atoms with Crippen LogP contribution in [0.3, 0.4) is 0 Å². The van der Waals surface area contributed by atoms with Crippen LogP contribution >= 0.6 is 0 Å². The molecule has 0 fully saturated rings. The smallest absolute Gasteiger partial charge is 0.252 e. The van der Waals surface area contributed by atoms with Crippen LogP contribution in [-0.4, -0.2) is 17.6 Å². The molecule has 2 N–H and O–H groups in total. The van der Waals surface area contributed by atoms with Gasteiger partial charge in [-0.2, -0.15) is 0 Å². The third-order valence-electron chi connectivity index (χ3n) is 3.60. The van der Waals surface area contributed by atoms with Gasteiger partial charge in [-0.25, -0.2) is 4.39 Å². The molecule has 2 rings (SSSR count). The Morgan fingerprint density at radius 1 is 1.23 bits per heavy atom. The summed E-state index contributed by atoms with van der Waals surface area (Å²) < 4.78 is 13.4. The summed E-state index contributed by atoms with van der Waals surface area (Å²) in [6.07, 6.45) is 1.21. The van der Waals surface area contributed by atoms with Crippen molar-refractivity contribution >= 4 is 5.91 Å². The maximum absolute atomic E-state index is 13.4. The van der Waals surface area contributed by atoms with Crippen molar-refractivity contribution in [1.82, 2.24) is 5.32 Å². The highest BCUT2D eigenvalue weighted by atomic mass is 19.1. The molecule has 1 atom stereocenters. The van der Waals surface area contributed by atoms with Gasteiger partial charge in [0.1, 0.15) is 5.82 Å². The lowest BCUT2D eigenvalue weighted by atomic mass is 10.0. The Morgan fingerprint density at radius 3 is 2.64 bits per heavy atom. The molecule has 0 spiro atoms. The highest BCUT2D eigenvalue weighted by molar-refractivity contribution is 5.95. The summed E-state index contributed by atoms with van der Waals surface area (Å²) in [5.41, 5.74) is 2.04. The van der Waals surface area contributed by atoms with E-state index in [2.05, 4.69) is 5.32 Å². The van der Waals surface area contributed by atoms with Crippen molar-refractivity contribution in [3.63, 3.8) is 0 Å². The van der Waals surface area contributed by atoms with Crippen molar-refractivity contribution in [3.05, 3.63) is 71.0 Å². The van der Waals surface area contributed by atoms with E-state index in [1.165, 1.54) is 12.1 Å². The van der Waals surface area contributed by atoms with Gasteiger partial charge in [-0.05, 0) is 43.0 Å². The molecule has 116 valence electrons. The number of benzene rings is 2. The lowest BCUT2D eigenvalue weighted by Gasteiger charge is -2.19. The quantitative estimate of drug-likeness (QED) is 0.859. The second-order valence-corrected chi connectivity index (χ2v) is 5.26. The van der Waals surface area contributed by atoms with Gasteiger partial charge < -0.3 is 10.4 Å². The van der Waals surface area contributed by atoms with Crippen LogP contribution in [0.1, 0.15) is 40.4 Å². The van der Waals surface area contributed by atoms with Crippen molar-refractivity contribution in [1.29, 1.82) is 0 Å². The summed E-state index contributed by atoms with van der Waals surface area (Å²) in [7, 11) is 0. The fraction of sp³-hybridized carbons (Fsp3) is 0.278. The van der Waals surface area contributed by atoms with Gasteiger partial charge in [0.2, 0.25) is 0 Å². The molecule has 1 amide bonds. The van der Waals surface area contributed by atoms with Crippen LogP contribution in [0.5, 0.6) is 0 Å². The van der Waals surface area contributed by atoms with Crippen LogP contribution in [0.4, 0.5) is 4.39 Å². The average molecular weight is 301 g/mol. The molecule has 0 aliphatic heterocycles. The Kier molecular flexibility index (Phi) is 5.67. The minimum Gasteiger partial charge on any atom is -0.396 e. The molecule has 0 aromatic heterocycles. The monoisotopic (exact) mass is 301 g/mol. The standard InChI is InChI=1S/C18H20FNO2/c1-13-9-10-15(19)12-16(13)18(22)20-17(8-5-11-21)14-6-3-2-4-7-14/h2-4,6-7,9-10,12,17,21H,5,8,11H2,1H3,(H,20,22). The van der Waals surface area contributed by atoms with Gasteiger partial charge >= 0.3 is 0 Å². The highest BCUT2D eigenvalue weighted by Crippen LogP contribution is 2.20. The molecule has 0 radical (unpaired) electrons. The predicted molar refractivity (Wildman–Crippen MR) is 84.1 cm³/mol. The van der Waals surface area contributed by atoms with E-state index in [4.69, 9.17) is 5.11 Å². The van der Waals surface area contributed by atoms with E-state index >= 15 is 0 Å². The van der Waals surface area contributed by atoms with Crippen molar-refractivity contribution < 1.29 is 14.3 Å². The van der Waals surface area contributed by atoms with Gasteiger partial charge in [0.15, 0.2) is 0 Å². The molecule has 1 unspecified atom stereocenters. The van der Waals surface area contributed by atoms with E-state index < -0.39 is 5.82 Å². The van der Waals surface area contributed by atoms with E-state index in [9.17, 15) is 9.18 Å². The lowest BCUT2D eigenvalue weighted by Crippen LogP contribution is -2.29. The normalized spacial score (nSPS) is 12.0. The number of hydrogen-bond acceptors (Lipinski definition) is 2. The van der Waals surface area contributed by atoms with Crippen molar-refractivity contribution in [3.8, 4) is 0 Å². The van der Waals surface area contributed by atoms with E-state index in [0.717, 1.165) is 11.1 Å². The molecular formula is C18H20FNO2. The van der Waals surface area contributed by atoms with Crippen molar-refractivity contribution in [2.75, 3.05) is 6.61 Å². The Morgan fingerprint density at radius 2 is 1.95 bits per heavy atom. The molecule has 4 heteroatoms. The largest absolute Gasteiger partial charge is 0.396 e. The first-order valence-corrected chi connectivity index (χ1v) is 7.34. The summed E-state index contributed by atoms with van der Waals surface area (Å²) in [4.78, 5) is 12.4. The van der Waals surface area contributed by atoms with Crippen LogP contribution in [0.2, 0.25) is 0 Å². The van der Waals surface area contributed by atoms with Crippen molar-refractivity contribution in [2.45, 2.75) is 25.8 Å². The fourth-order valence-electron chi connectivity index (χ4n) is 2.38. The topological polar surface area (TPSA) is 49.3 Å². The SMILES string of the molecule is Cc1ccc(F)cc1C(=O)NC(CCCO)c1ccccc1. The maximum atomic E-state index is 13.4. The minimum absolute atomic E-state index is 0.0677. The number of carbonyl (C=O) groups is 1. The first-order chi connectivity index (χ1) is 10.6. The minimum atomic E-state index is -0.428. The molecule has 2 aromatic carbocycles. The molecule has 0 saturated heterocycles. The van der Waals surface area contributed by atoms with E-state index in [0.29, 0.717) is 18.4 Å². The number of nitrogens with one attached hydrogen (secondary N) is 1. The van der Waals surface area contributed by atoms with Gasteiger partial charge in [-0.1, -0.05) is 36.4 Å². The zero-order chi connectivity index (χ0) is 15.9. The number of aliphatic hydroxyl groups is 1. The third-order valence-corrected chi connectivity index (χ3v) is 3.60. The number of hydrogen-bond donors (Lipinski definition) is 2. The number of aryl methyl sites for hydroxylation is 1. The first-order valence-electron chi connectivity index (χ1n) is 7.34. The van der Waals surface area contributed by atoms with Gasteiger partial charge in [0, 0.05) is 12.2 Å². The zero-order valence-electron chi connectivity index (χ0n) is 12.6. The van der Waals surface area contributed by atoms with Crippen molar-refractivity contribution in [2.24, 2.45) is 0 Å². The highest BCUT2D eigenvalue weighted by Gasteiger charge is 2.17. The van der Waals surface area contributed by atoms with E-state index in [1.807, 2.05) is 30.3 Å². The second kappa shape index (κ2) is 7.71. The van der Waals surface area contributed by atoms with Crippen LogP contribution in [0.25, 0.3) is 0 Å². The summed E-state index contributed by atoms with van der Waals surface area (Å²) in [5.74, 6) is -0.730. The second-order valence-electron chi connectivity index (χ2n) is 5.26. The lowest BCUT2D eigenvalue weighted by molar-refractivity contribution is 0.0931. The molecule has 0 aliphatic rings. The van der Waals surface area contributed by atoms with Gasteiger partial charge in [0.25, 0.3) is 5.91 Å². The van der Waals surface area contributed by atoms with E-state index in [1.54, 1.807) is 13.0 Å². The molecule has 2 aromatic rings. The fourth-order valence-corrected chi connectivity index (χ4v) is 2.38. The number of amides is 1. The summed E-state index contributed by atoms with van der Waals surface area (Å²) in [6.45, 7) is 1.85. The summed E-state index contributed by atoms with van der Waals surface area (Å²) in [6, 6.07) is 13.6. The van der Waals surface area contributed by atoms with Crippen LogP contribution in [-0.2, 0) is 0 Å². The summed E-state index contributed by atoms with van der Waals surface area (Å²) >= 11 is 0. The maximum Gasteiger partial charge on any atom is 0.252 e. The number of carbonyl (C=O) groups excluding carboxylic acids is 1. The zero-order valence-corrected chi connectivity index (χ0v) is 12.6. The third kappa shape index (κ3) is 4.15. The van der Waals surface area contributed by atoms with E-state index in [-0.39, 0.29) is 18.6 Å². The molecular weight excluding hydrogens is 281 g/mol. The molecule has 0 heterocycles. The Balaban J connectivity index is 2.19. The van der Waals surface area contributed by atoms with Gasteiger partial charge in [-0.3, -0.25) is 4.79 Å². The number of halogens is 1. The Bertz CT molecular complexity index is 628. The molecule has 22 heavy (non-hydrogen) atoms. The molecule has 0 aliphatic carbocycles. The predicted octanol–water partition coefficient (Wildman–Crippen LogP) is 3.38. The Hall–Kier alpha value is -2.20. The van der Waals surface area contributed by atoms with Crippen LogP contribution in [0.15, 0.2) is 48.5 Å². The number of aliphatic hydroxyl groups excluding tert-OH is 1. The van der Waals surface area contributed by atoms with Crippen LogP contribution < -0.4 is 5.32 Å². The first kappa shape index (κ1) is 16.2. The number of rotatable bonds is 6. The Labute approximate surface area is 129 Å². The van der Waals surface area contributed by atoms with Gasteiger partial charge in [0.05, 0.1) is 6.04 Å². The average Bonchev–Trinajstić information content (AvgIpc) is 2.54. The molecule has 0 saturated carbocycles.